The van der Waals surface area contributed by atoms with Crippen LogP contribution in [0.2, 0.25) is 0 Å². The number of amides is 2. The average molecular weight is 326 g/mol. The van der Waals surface area contributed by atoms with Crippen LogP contribution in [0.25, 0.3) is 0 Å². The Morgan fingerprint density at radius 3 is 2.54 bits per heavy atom. The molecule has 0 saturated heterocycles. The molecule has 0 heterocycles. The van der Waals surface area contributed by atoms with Crippen LogP contribution in [0.15, 0.2) is 48.5 Å². The molecule has 2 aromatic rings. The van der Waals surface area contributed by atoms with E-state index in [4.69, 9.17) is 0 Å². The lowest BCUT2D eigenvalue weighted by Crippen LogP contribution is -2.37. The smallest absolute Gasteiger partial charge is 0.313 e. The van der Waals surface area contributed by atoms with Crippen molar-refractivity contribution in [3.63, 3.8) is 0 Å². The van der Waals surface area contributed by atoms with E-state index in [9.17, 15) is 14.7 Å². The van der Waals surface area contributed by atoms with Crippen LogP contribution in [0.3, 0.4) is 0 Å². The second-order valence-electron chi connectivity index (χ2n) is 5.59. The summed E-state index contributed by atoms with van der Waals surface area (Å²) >= 11 is 0. The summed E-state index contributed by atoms with van der Waals surface area (Å²) < 4.78 is 0. The van der Waals surface area contributed by atoms with Gasteiger partial charge in [0.05, 0.1) is 6.10 Å². The van der Waals surface area contributed by atoms with E-state index in [0.29, 0.717) is 5.69 Å². The average Bonchev–Trinajstić information content (AvgIpc) is 2.59. The molecule has 5 heteroatoms. The first-order valence-corrected chi connectivity index (χ1v) is 7.93. The fourth-order valence-corrected chi connectivity index (χ4v) is 2.40. The van der Waals surface area contributed by atoms with Gasteiger partial charge < -0.3 is 15.7 Å². The van der Waals surface area contributed by atoms with Crippen molar-refractivity contribution in [2.24, 2.45) is 0 Å². The highest BCUT2D eigenvalue weighted by Gasteiger charge is 2.16. The Hall–Kier alpha value is -2.66. The molecule has 0 unspecified atom stereocenters. The molecule has 0 saturated carbocycles. The number of aryl methyl sites for hydroxylation is 2. The molecule has 0 radical (unpaired) electrons. The van der Waals surface area contributed by atoms with E-state index in [0.717, 1.165) is 23.1 Å². The van der Waals surface area contributed by atoms with E-state index in [-0.39, 0.29) is 6.54 Å². The monoisotopic (exact) mass is 326 g/mol. The molecule has 0 fully saturated rings. The molecule has 2 aromatic carbocycles. The van der Waals surface area contributed by atoms with Gasteiger partial charge in [-0.15, -0.1) is 0 Å². The highest BCUT2D eigenvalue weighted by molar-refractivity contribution is 6.39. The summed E-state index contributed by atoms with van der Waals surface area (Å²) in [7, 11) is 0. The number of hydrogen-bond acceptors (Lipinski definition) is 3. The van der Waals surface area contributed by atoms with Crippen LogP contribution < -0.4 is 10.6 Å². The molecule has 2 amide bonds. The zero-order chi connectivity index (χ0) is 17.5. The summed E-state index contributed by atoms with van der Waals surface area (Å²) in [6.07, 6.45) is -0.00945. The zero-order valence-electron chi connectivity index (χ0n) is 13.9. The lowest BCUT2D eigenvalue weighted by Gasteiger charge is -2.14. The summed E-state index contributed by atoms with van der Waals surface area (Å²) in [5, 5.41) is 15.2. The Labute approximate surface area is 141 Å². The highest BCUT2D eigenvalue weighted by atomic mass is 16.3. The number of rotatable bonds is 5. The van der Waals surface area contributed by atoms with Crippen molar-refractivity contribution in [1.82, 2.24) is 5.32 Å². The molecule has 2 rings (SSSR count). The number of aliphatic hydroxyl groups is 1. The maximum atomic E-state index is 11.9. The molecule has 0 spiro atoms. The summed E-state index contributed by atoms with van der Waals surface area (Å²) in [6.45, 7) is 3.88. The first-order valence-electron chi connectivity index (χ1n) is 7.93. The molecule has 0 bridgehead atoms. The van der Waals surface area contributed by atoms with Gasteiger partial charge in [0.15, 0.2) is 0 Å². The standard InChI is InChI=1S/C19H22N2O3/c1-3-14-8-6-9-15(11-14)21-19(24)18(23)20-12-17(22)16-10-5-4-7-13(16)2/h4-11,17,22H,3,12H2,1-2H3,(H,20,23)(H,21,24)/t17-/m0/s1. The van der Waals surface area contributed by atoms with E-state index in [1.807, 2.05) is 50.2 Å². The molecule has 1 atom stereocenters. The van der Waals surface area contributed by atoms with Gasteiger partial charge in [0.25, 0.3) is 0 Å². The van der Waals surface area contributed by atoms with Crippen LogP contribution in [0, 0.1) is 6.92 Å². The largest absolute Gasteiger partial charge is 0.387 e. The fraction of sp³-hybridized carbons (Fsp3) is 0.263. The molecule has 3 N–H and O–H groups in total. The molecule has 0 aromatic heterocycles. The summed E-state index contributed by atoms with van der Waals surface area (Å²) in [4.78, 5) is 23.8. The van der Waals surface area contributed by atoms with Gasteiger partial charge in [-0.3, -0.25) is 9.59 Å². The van der Waals surface area contributed by atoms with E-state index >= 15 is 0 Å². The Balaban J connectivity index is 1.90. The minimum Gasteiger partial charge on any atom is -0.387 e. The Morgan fingerprint density at radius 1 is 1.08 bits per heavy atom. The van der Waals surface area contributed by atoms with Crippen LogP contribution >= 0.6 is 0 Å². The van der Waals surface area contributed by atoms with Gasteiger partial charge in [-0.1, -0.05) is 43.3 Å². The maximum absolute atomic E-state index is 11.9. The van der Waals surface area contributed by atoms with Crippen molar-refractivity contribution in [1.29, 1.82) is 0 Å². The number of carbonyl (C=O) groups is 2. The van der Waals surface area contributed by atoms with Crippen molar-refractivity contribution >= 4 is 17.5 Å². The minimum absolute atomic E-state index is 0.0217. The minimum atomic E-state index is -0.855. The molecule has 5 nitrogen and oxygen atoms in total. The number of benzene rings is 2. The molecule has 0 aliphatic heterocycles. The second kappa shape index (κ2) is 8.26. The van der Waals surface area contributed by atoms with Crippen LogP contribution in [0.1, 0.15) is 29.7 Å². The van der Waals surface area contributed by atoms with Gasteiger partial charge in [-0.05, 0) is 42.2 Å². The third kappa shape index (κ3) is 4.67. The van der Waals surface area contributed by atoms with Crippen LogP contribution in [-0.2, 0) is 16.0 Å². The number of hydrogen-bond donors (Lipinski definition) is 3. The summed E-state index contributed by atoms with van der Waals surface area (Å²) in [5.74, 6) is -1.52. The predicted molar refractivity (Wildman–Crippen MR) is 93.6 cm³/mol. The van der Waals surface area contributed by atoms with Crippen LogP contribution in [-0.4, -0.2) is 23.5 Å². The third-order valence-electron chi connectivity index (χ3n) is 3.80. The van der Waals surface area contributed by atoms with Gasteiger partial charge in [0, 0.05) is 12.2 Å². The first-order chi connectivity index (χ1) is 11.5. The molecule has 24 heavy (non-hydrogen) atoms. The van der Waals surface area contributed by atoms with Gasteiger partial charge >= 0.3 is 11.8 Å². The molecule has 126 valence electrons. The number of carbonyl (C=O) groups excluding carboxylic acids is 2. The van der Waals surface area contributed by atoms with E-state index in [2.05, 4.69) is 10.6 Å². The summed E-state index contributed by atoms with van der Waals surface area (Å²) in [6, 6.07) is 14.7. The normalized spacial score (nSPS) is 11.6. The maximum Gasteiger partial charge on any atom is 0.313 e. The zero-order valence-corrected chi connectivity index (χ0v) is 13.9. The van der Waals surface area contributed by atoms with Crippen molar-refractivity contribution in [2.75, 3.05) is 11.9 Å². The van der Waals surface area contributed by atoms with Crippen molar-refractivity contribution in [3.8, 4) is 0 Å². The lowest BCUT2D eigenvalue weighted by atomic mass is 10.0. The summed E-state index contributed by atoms with van der Waals surface area (Å²) in [5.41, 5.74) is 3.31. The van der Waals surface area contributed by atoms with Crippen molar-refractivity contribution in [2.45, 2.75) is 26.4 Å². The van der Waals surface area contributed by atoms with Crippen molar-refractivity contribution < 1.29 is 14.7 Å². The van der Waals surface area contributed by atoms with Crippen molar-refractivity contribution in [3.05, 3.63) is 65.2 Å². The van der Waals surface area contributed by atoms with Crippen LogP contribution in [0.5, 0.6) is 0 Å². The highest BCUT2D eigenvalue weighted by Crippen LogP contribution is 2.16. The van der Waals surface area contributed by atoms with Gasteiger partial charge in [-0.25, -0.2) is 0 Å². The Bertz CT molecular complexity index is 728. The van der Waals surface area contributed by atoms with E-state index < -0.39 is 17.9 Å². The Morgan fingerprint density at radius 2 is 1.83 bits per heavy atom. The molecular weight excluding hydrogens is 304 g/mol. The number of nitrogens with one attached hydrogen (secondary N) is 2. The van der Waals surface area contributed by atoms with Gasteiger partial charge in [-0.2, -0.15) is 0 Å². The number of anilines is 1. The van der Waals surface area contributed by atoms with Crippen LogP contribution in [0.4, 0.5) is 5.69 Å². The van der Waals surface area contributed by atoms with Gasteiger partial charge in [0.2, 0.25) is 0 Å². The van der Waals surface area contributed by atoms with Gasteiger partial charge in [0.1, 0.15) is 0 Å². The van der Waals surface area contributed by atoms with E-state index in [1.54, 1.807) is 12.1 Å². The molecular formula is C19H22N2O3. The molecule has 0 aliphatic carbocycles. The third-order valence-corrected chi connectivity index (χ3v) is 3.80. The SMILES string of the molecule is CCc1cccc(NC(=O)C(=O)NC[C@H](O)c2ccccc2C)c1. The number of aliphatic hydroxyl groups excluding tert-OH is 1. The second-order valence-corrected chi connectivity index (χ2v) is 5.59. The quantitative estimate of drug-likeness (QED) is 0.738. The Kier molecular flexibility index (Phi) is 6.09. The fourth-order valence-electron chi connectivity index (χ4n) is 2.40. The topological polar surface area (TPSA) is 78.4 Å². The first kappa shape index (κ1) is 17.7. The van der Waals surface area contributed by atoms with E-state index in [1.165, 1.54) is 0 Å². The molecule has 0 aliphatic rings. The lowest BCUT2D eigenvalue weighted by molar-refractivity contribution is -0.136. The predicted octanol–water partition coefficient (Wildman–Crippen LogP) is 2.35.